The molecule has 0 aromatic heterocycles. The van der Waals surface area contributed by atoms with Gasteiger partial charge in [0.05, 0.1) is 6.61 Å². The standard InChI is InChI=1S/C17H28N2O/c1-13-10-14(2)12-15(11-13)17(19-18)8-9-20-16-6-4-3-5-7-16/h3-7,13-15,17,19H,8-12,18H2,1-2H3. The summed E-state index contributed by atoms with van der Waals surface area (Å²) in [5, 5.41) is 0. The van der Waals surface area contributed by atoms with Crippen molar-refractivity contribution in [3.8, 4) is 5.75 Å². The Kier molecular flexibility index (Phi) is 5.86. The van der Waals surface area contributed by atoms with E-state index in [2.05, 4.69) is 19.3 Å². The highest BCUT2D eigenvalue weighted by atomic mass is 16.5. The lowest BCUT2D eigenvalue weighted by atomic mass is 9.73. The number of nitrogens with two attached hydrogens (primary N) is 1. The topological polar surface area (TPSA) is 47.3 Å². The number of hydrazine groups is 1. The molecule has 1 aliphatic carbocycles. The van der Waals surface area contributed by atoms with Crippen LogP contribution < -0.4 is 16.0 Å². The van der Waals surface area contributed by atoms with Gasteiger partial charge in [0, 0.05) is 6.04 Å². The van der Waals surface area contributed by atoms with Crippen molar-refractivity contribution in [1.82, 2.24) is 5.43 Å². The molecular weight excluding hydrogens is 248 g/mol. The average molecular weight is 276 g/mol. The lowest BCUT2D eigenvalue weighted by Crippen LogP contribution is -2.44. The van der Waals surface area contributed by atoms with Gasteiger partial charge in [-0.15, -0.1) is 0 Å². The summed E-state index contributed by atoms with van der Waals surface area (Å²) in [5.41, 5.74) is 3.02. The van der Waals surface area contributed by atoms with Crippen LogP contribution in [0.2, 0.25) is 0 Å². The molecule has 20 heavy (non-hydrogen) atoms. The SMILES string of the molecule is CC1CC(C)CC(C(CCOc2ccccc2)NN)C1. The highest BCUT2D eigenvalue weighted by Gasteiger charge is 2.29. The molecule has 0 heterocycles. The van der Waals surface area contributed by atoms with Gasteiger partial charge in [0.15, 0.2) is 0 Å². The molecule has 0 radical (unpaired) electrons. The Balaban J connectivity index is 1.80. The van der Waals surface area contributed by atoms with E-state index in [4.69, 9.17) is 10.6 Å². The molecule has 3 unspecified atom stereocenters. The second kappa shape index (κ2) is 7.65. The molecule has 2 rings (SSSR count). The second-order valence-electron chi connectivity index (χ2n) is 6.40. The van der Waals surface area contributed by atoms with Gasteiger partial charge in [-0.3, -0.25) is 11.3 Å². The average Bonchev–Trinajstić information content (AvgIpc) is 2.43. The summed E-state index contributed by atoms with van der Waals surface area (Å²) >= 11 is 0. The van der Waals surface area contributed by atoms with Crippen molar-refractivity contribution >= 4 is 0 Å². The van der Waals surface area contributed by atoms with Crippen LogP contribution in [0.5, 0.6) is 5.75 Å². The molecule has 1 aromatic rings. The van der Waals surface area contributed by atoms with Crippen LogP contribution in [0.4, 0.5) is 0 Å². The Morgan fingerprint density at radius 3 is 2.40 bits per heavy atom. The van der Waals surface area contributed by atoms with E-state index >= 15 is 0 Å². The Hall–Kier alpha value is -1.06. The normalized spacial score (nSPS) is 28.1. The molecule has 1 aliphatic rings. The Labute approximate surface area is 122 Å². The summed E-state index contributed by atoms with van der Waals surface area (Å²) in [6.45, 7) is 5.44. The molecule has 3 heteroatoms. The van der Waals surface area contributed by atoms with Crippen molar-refractivity contribution in [3.63, 3.8) is 0 Å². The number of para-hydroxylation sites is 1. The Morgan fingerprint density at radius 2 is 1.80 bits per heavy atom. The fourth-order valence-electron chi connectivity index (χ4n) is 3.61. The second-order valence-corrected chi connectivity index (χ2v) is 6.40. The number of hydrogen-bond acceptors (Lipinski definition) is 3. The van der Waals surface area contributed by atoms with Crippen LogP contribution >= 0.6 is 0 Å². The quantitative estimate of drug-likeness (QED) is 0.618. The maximum Gasteiger partial charge on any atom is 0.119 e. The number of hydrogen-bond donors (Lipinski definition) is 2. The summed E-state index contributed by atoms with van der Waals surface area (Å²) in [5.74, 6) is 9.01. The first-order chi connectivity index (χ1) is 9.69. The molecule has 0 saturated heterocycles. The number of ether oxygens (including phenoxy) is 1. The molecule has 1 fully saturated rings. The first-order valence-electron chi connectivity index (χ1n) is 7.83. The molecule has 1 aromatic carbocycles. The third kappa shape index (κ3) is 4.50. The fourth-order valence-corrected chi connectivity index (χ4v) is 3.61. The monoisotopic (exact) mass is 276 g/mol. The van der Waals surface area contributed by atoms with E-state index in [1.165, 1.54) is 19.3 Å². The van der Waals surface area contributed by atoms with E-state index in [0.717, 1.165) is 30.6 Å². The maximum atomic E-state index is 5.79. The molecule has 0 spiro atoms. The molecule has 3 N–H and O–H groups in total. The molecule has 1 saturated carbocycles. The fraction of sp³-hybridized carbons (Fsp3) is 0.647. The van der Waals surface area contributed by atoms with Crippen molar-refractivity contribution in [2.45, 2.75) is 45.6 Å². The van der Waals surface area contributed by atoms with E-state index in [1.807, 2.05) is 30.3 Å². The Bertz CT molecular complexity index is 372. The zero-order valence-electron chi connectivity index (χ0n) is 12.7. The van der Waals surface area contributed by atoms with Crippen molar-refractivity contribution in [2.75, 3.05) is 6.61 Å². The minimum Gasteiger partial charge on any atom is -0.494 e. The largest absolute Gasteiger partial charge is 0.494 e. The van der Waals surface area contributed by atoms with Gasteiger partial charge in [0.1, 0.15) is 5.75 Å². The van der Waals surface area contributed by atoms with Crippen molar-refractivity contribution < 1.29 is 4.74 Å². The van der Waals surface area contributed by atoms with Crippen molar-refractivity contribution in [1.29, 1.82) is 0 Å². The van der Waals surface area contributed by atoms with E-state index in [1.54, 1.807) is 0 Å². The van der Waals surface area contributed by atoms with Crippen LogP contribution in [0.1, 0.15) is 39.5 Å². The van der Waals surface area contributed by atoms with Crippen molar-refractivity contribution in [2.24, 2.45) is 23.6 Å². The highest BCUT2D eigenvalue weighted by Crippen LogP contribution is 2.35. The van der Waals surface area contributed by atoms with Gasteiger partial charge in [-0.2, -0.15) is 0 Å². The van der Waals surface area contributed by atoms with Crippen LogP contribution in [0.15, 0.2) is 30.3 Å². The summed E-state index contributed by atoms with van der Waals surface area (Å²) in [7, 11) is 0. The molecule has 3 nitrogen and oxygen atoms in total. The molecule has 0 aliphatic heterocycles. The van der Waals surface area contributed by atoms with Crippen LogP contribution in [0, 0.1) is 17.8 Å². The Morgan fingerprint density at radius 1 is 1.15 bits per heavy atom. The zero-order chi connectivity index (χ0) is 14.4. The van der Waals surface area contributed by atoms with Gasteiger partial charge in [-0.05, 0) is 55.6 Å². The van der Waals surface area contributed by atoms with Gasteiger partial charge in [-0.1, -0.05) is 32.0 Å². The minimum atomic E-state index is 0.365. The van der Waals surface area contributed by atoms with Gasteiger partial charge in [-0.25, -0.2) is 0 Å². The van der Waals surface area contributed by atoms with E-state index in [0.29, 0.717) is 12.0 Å². The lowest BCUT2D eigenvalue weighted by molar-refractivity contribution is 0.158. The van der Waals surface area contributed by atoms with Crippen LogP contribution in [0.3, 0.4) is 0 Å². The predicted octanol–water partition coefficient (Wildman–Crippen LogP) is 3.36. The maximum absolute atomic E-state index is 5.79. The zero-order valence-corrected chi connectivity index (χ0v) is 12.7. The van der Waals surface area contributed by atoms with Crippen LogP contribution in [-0.2, 0) is 0 Å². The molecular formula is C17H28N2O. The summed E-state index contributed by atoms with van der Waals surface area (Å²) < 4.78 is 5.79. The summed E-state index contributed by atoms with van der Waals surface area (Å²) in [6.07, 6.45) is 4.89. The third-order valence-corrected chi connectivity index (χ3v) is 4.44. The van der Waals surface area contributed by atoms with Crippen molar-refractivity contribution in [3.05, 3.63) is 30.3 Å². The van der Waals surface area contributed by atoms with E-state index < -0.39 is 0 Å². The number of benzene rings is 1. The lowest BCUT2D eigenvalue weighted by Gasteiger charge is -2.36. The van der Waals surface area contributed by atoms with Gasteiger partial charge < -0.3 is 4.74 Å². The minimum absolute atomic E-state index is 0.365. The molecule has 0 bridgehead atoms. The van der Waals surface area contributed by atoms with Gasteiger partial charge in [0.25, 0.3) is 0 Å². The smallest absolute Gasteiger partial charge is 0.119 e. The number of rotatable bonds is 6. The van der Waals surface area contributed by atoms with Crippen LogP contribution in [0.25, 0.3) is 0 Å². The predicted molar refractivity (Wildman–Crippen MR) is 83.3 cm³/mol. The van der Waals surface area contributed by atoms with E-state index in [-0.39, 0.29) is 0 Å². The number of nitrogens with one attached hydrogen (secondary N) is 1. The molecule has 0 amide bonds. The molecule has 3 atom stereocenters. The molecule has 112 valence electrons. The highest BCUT2D eigenvalue weighted by molar-refractivity contribution is 5.20. The first-order valence-corrected chi connectivity index (χ1v) is 7.83. The summed E-state index contributed by atoms with van der Waals surface area (Å²) in [4.78, 5) is 0. The van der Waals surface area contributed by atoms with Gasteiger partial charge >= 0.3 is 0 Å². The van der Waals surface area contributed by atoms with E-state index in [9.17, 15) is 0 Å². The third-order valence-electron chi connectivity index (χ3n) is 4.44. The van der Waals surface area contributed by atoms with Gasteiger partial charge in [0.2, 0.25) is 0 Å². The van der Waals surface area contributed by atoms with Crippen LogP contribution in [-0.4, -0.2) is 12.6 Å². The first kappa shape index (κ1) is 15.3. The summed E-state index contributed by atoms with van der Waals surface area (Å²) in [6, 6.07) is 10.4.